The van der Waals surface area contributed by atoms with Gasteiger partial charge in [-0.1, -0.05) is 127 Å². The van der Waals surface area contributed by atoms with Crippen molar-refractivity contribution in [3.8, 4) is 5.75 Å². The Morgan fingerprint density at radius 3 is 1.59 bits per heavy atom. The van der Waals surface area contributed by atoms with E-state index in [-0.39, 0.29) is 102 Å². The van der Waals surface area contributed by atoms with Crippen molar-refractivity contribution < 1.29 is 112 Å². The van der Waals surface area contributed by atoms with Crippen LogP contribution in [0.4, 0.5) is 0 Å². The lowest BCUT2D eigenvalue weighted by atomic mass is 9.99. The summed E-state index contributed by atoms with van der Waals surface area (Å²) >= 11 is 0.784. The van der Waals surface area contributed by atoms with Gasteiger partial charge in [0.15, 0.2) is 0 Å². The molecule has 147 heavy (non-hydrogen) atoms. The number of phenols is 1. The Bertz CT molecular complexity index is 5530. The number of carboxylic acid groups (broad SMARTS) is 2. The number of aliphatic carboxylic acids is 2. The minimum absolute atomic E-state index is 0.000892. The van der Waals surface area contributed by atoms with Crippen LogP contribution in [0.2, 0.25) is 0 Å². The Hall–Kier alpha value is -14.1. The highest BCUT2D eigenvalue weighted by Gasteiger charge is 2.47. The third-order valence-corrected chi connectivity index (χ3v) is 27.7. The van der Waals surface area contributed by atoms with Crippen LogP contribution in [0.15, 0.2) is 97.7 Å². The maximum Gasteiger partial charge on any atom is 0.303 e. The van der Waals surface area contributed by atoms with Gasteiger partial charge in [0.25, 0.3) is 0 Å². The number of aromatic hydroxyl groups is 1. The number of para-hydroxylation sites is 2. The molecule has 3 fully saturated rings. The molecule has 0 aliphatic carbocycles. The highest BCUT2D eigenvalue weighted by atomic mass is 32.2. The van der Waals surface area contributed by atoms with E-state index in [1.807, 2.05) is 13.8 Å². The zero-order chi connectivity index (χ0) is 107. The molecule has 46 nitrogen and oxygen atoms in total. The van der Waals surface area contributed by atoms with E-state index in [0.717, 1.165) is 65.0 Å². The molecule has 9 rings (SSSR count). The minimum Gasteiger partial charge on any atom is -0.508 e. The summed E-state index contributed by atoms with van der Waals surface area (Å²) in [7, 11) is 3.93. The average Bonchev–Trinajstić information content (AvgIpc) is 1.67. The fourth-order valence-electron chi connectivity index (χ4n) is 18.2. The van der Waals surface area contributed by atoms with Crippen LogP contribution in [0.25, 0.3) is 21.8 Å². The molecule has 6 heterocycles. The molecule has 24 N–H and O–H groups in total. The molecule has 0 spiro atoms. The molecule has 3 aliphatic rings. The SMILES string of the molecule is CCCC[C@H]1C(=O)N(C)[C@@H](CCCC)C(=O)N[C@@H](CCN)C(=O)N[C@H](C(=O)NCC(=O)NCCCCCCCCCCC(=O)O)CSCC(=O)N[C@@H](Cc2ccc(O)cc2)C(=O)N(C)[C@@H](C)C(=O)N[C@@H](CC(N)=O)C(=O)N2CCC[C@H]2C(=O)N[C@@H](Cc2cnc[nH]2)C(=O)N[C@@H](CCC(=O)O)C(=O)N2C[C@H](O)C[C@H]2C(=O)N[C@@H](Cc2c[nH]c3ccccc23)C(=O)N[C@@H](CCN)C(=O)N[C@@H](Cc2c[nH]c3ccccc23)C(=O)N1C. The second kappa shape index (κ2) is 58.3. The molecule has 15 atom stereocenters. The van der Waals surface area contributed by atoms with Gasteiger partial charge in [-0.05, 0) is 119 Å². The number of aromatic amines is 3. The van der Waals surface area contributed by atoms with Crippen molar-refractivity contribution in [2.45, 2.75) is 285 Å². The van der Waals surface area contributed by atoms with Crippen LogP contribution in [-0.4, -0.2) is 340 Å². The van der Waals surface area contributed by atoms with Crippen LogP contribution in [0.3, 0.4) is 0 Å². The maximum absolute atomic E-state index is 15.9. The molecule has 3 aliphatic heterocycles. The topological polar surface area (TPSA) is 692 Å². The number of aliphatic hydroxyl groups is 1. The number of carbonyl (C=O) groups is 19. The van der Waals surface area contributed by atoms with E-state index in [2.05, 4.69) is 78.4 Å². The fraction of sp³-hybridized carbons (Fsp3) is 0.560. The molecule has 17 amide bonds. The van der Waals surface area contributed by atoms with E-state index < -0.39 is 260 Å². The Labute approximate surface area is 855 Å². The number of rotatable bonds is 37. The number of H-pyrrole nitrogens is 3. The number of carboxylic acids is 2. The van der Waals surface area contributed by atoms with E-state index in [4.69, 9.17) is 22.3 Å². The second-order valence-corrected chi connectivity index (χ2v) is 38.7. The molecule has 0 radical (unpaired) electrons. The number of aliphatic hydroxyl groups excluding tert-OH is 1. The fourth-order valence-corrected chi connectivity index (χ4v) is 19.1. The number of aromatic nitrogens is 4. The molecule has 0 bridgehead atoms. The van der Waals surface area contributed by atoms with Gasteiger partial charge < -0.3 is 136 Å². The molecule has 3 aromatic heterocycles. The summed E-state index contributed by atoms with van der Waals surface area (Å²) in [6.07, 6.45) is 7.83. The largest absolute Gasteiger partial charge is 0.508 e. The maximum atomic E-state index is 15.9. The number of phenolic OH excluding ortho intramolecular Hbond substituents is 1. The van der Waals surface area contributed by atoms with Gasteiger partial charge in [0.2, 0.25) is 100 Å². The molecule has 3 saturated heterocycles. The quantitative estimate of drug-likeness (QED) is 0.0220. The Balaban J connectivity index is 1.08. The number of primary amides is 1. The zero-order valence-corrected chi connectivity index (χ0v) is 84.8. The molecule has 0 unspecified atom stereocenters. The van der Waals surface area contributed by atoms with E-state index >= 15 is 47.9 Å². The second-order valence-electron chi connectivity index (χ2n) is 37.6. The number of benzene rings is 3. The Kier molecular flexibility index (Phi) is 46.2. The number of nitrogens with zero attached hydrogens (tertiary/aromatic N) is 6. The number of unbranched alkanes of at least 4 members (excludes halogenated alkanes) is 9. The van der Waals surface area contributed by atoms with Gasteiger partial charge in [0.05, 0.1) is 31.1 Å². The lowest BCUT2D eigenvalue weighted by Crippen LogP contribution is -2.61. The van der Waals surface area contributed by atoms with Crippen LogP contribution in [-0.2, 0) is 117 Å². The number of hydrogen-bond acceptors (Lipinski definition) is 25. The Morgan fingerprint density at radius 2 is 1.00 bits per heavy atom. The van der Waals surface area contributed by atoms with Gasteiger partial charge >= 0.3 is 11.9 Å². The number of thioether (sulfide) groups is 1. The standard InChI is InChI=1S/C100H143N23O23S/c1-7-9-28-78-93(139)112-70(39-41-102)90(136)118-77(88(134)108-53-83(127)105-42-22-16-14-12-11-13-15-17-31-85(129)130)55-147-56-84(128)110-74(44-59-32-34-63(124)35-33-59)96(142)119(4)58(3)87(133)116-76(49-82(103)126)99(145)122-43-23-30-79(122)94(140)115-73(47-62-52-104-57-109-62)92(138)113-71(36-37-86(131)132)98(144)123-54-64(125)48-81(123)95(141)114-72(45-60-50-106-67-26-20-18-24-65(60)67)91(137)111-69(38-40-101)89(135)117-75(46-61-51-107-68-27-21-19-25-66(61)68)97(143)121(6)80(29-10-8-2)100(146)120(78)5/h18-21,24-27,32-35,50-52,57-58,64,69-81,106-107,124-125H,7-17,22-23,28-31,36-49,53-56,101-102H2,1-6H3,(H2,103,126)(H,104,109)(H,105,127)(H,108,134)(H,110,128)(H,111,137)(H,112,139)(H,113,138)(H,114,141)(H,115,140)(H,116,133)(H,117,135)(H,118,136)(H,129,130)(H,131,132)/t58-,64+,69-,70-,71-,72-,73-,74-,75-,76-,77-,78-,79-,80-,81-/m0/s1. The summed E-state index contributed by atoms with van der Waals surface area (Å²) in [5.74, 6) is -19.5. The van der Waals surface area contributed by atoms with Crippen LogP contribution < -0.4 is 75.7 Å². The van der Waals surface area contributed by atoms with Crippen molar-refractivity contribution in [1.29, 1.82) is 0 Å². The first-order valence-electron chi connectivity index (χ1n) is 50.2. The number of nitrogens with one attached hydrogen (secondary N) is 14. The molecule has 802 valence electrons. The molecule has 6 aromatic rings. The summed E-state index contributed by atoms with van der Waals surface area (Å²) in [6.45, 7) is 3.34. The molecular formula is C100H143N23O23S. The smallest absolute Gasteiger partial charge is 0.303 e. The first kappa shape index (κ1) is 116. The highest BCUT2D eigenvalue weighted by Crippen LogP contribution is 2.29. The van der Waals surface area contributed by atoms with Crippen molar-refractivity contribution in [3.05, 3.63) is 120 Å². The van der Waals surface area contributed by atoms with Gasteiger partial charge in [-0.3, -0.25) is 91.1 Å². The van der Waals surface area contributed by atoms with Gasteiger partial charge in [0.1, 0.15) is 90.3 Å². The van der Waals surface area contributed by atoms with Gasteiger partial charge in [0, 0.05) is 138 Å². The number of imidazole rings is 1. The zero-order valence-electron chi connectivity index (χ0n) is 84.0. The minimum atomic E-state index is -1.85. The van der Waals surface area contributed by atoms with E-state index in [0.29, 0.717) is 77.0 Å². The summed E-state index contributed by atoms with van der Waals surface area (Å²) < 4.78 is 0. The van der Waals surface area contributed by atoms with Gasteiger partial charge in [-0.25, -0.2) is 4.98 Å². The van der Waals surface area contributed by atoms with E-state index in [9.17, 15) is 58.5 Å². The van der Waals surface area contributed by atoms with Gasteiger partial charge in [-0.2, -0.15) is 0 Å². The third-order valence-electron chi connectivity index (χ3n) is 26.6. The lowest BCUT2D eigenvalue weighted by Gasteiger charge is -2.36. The van der Waals surface area contributed by atoms with Crippen LogP contribution in [0, 0.1) is 0 Å². The van der Waals surface area contributed by atoms with E-state index in [1.54, 1.807) is 60.9 Å². The van der Waals surface area contributed by atoms with Crippen molar-refractivity contribution in [3.63, 3.8) is 0 Å². The highest BCUT2D eigenvalue weighted by molar-refractivity contribution is 8.00. The van der Waals surface area contributed by atoms with Gasteiger partial charge in [-0.15, -0.1) is 11.8 Å². The lowest BCUT2D eigenvalue weighted by molar-refractivity contribution is -0.149. The number of amides is 17. The first-order valence-corrected chi connectivity index (χ1v) is 51.4. The molecule has 47 heteroatoms. The predicted molar refractivity (Wildman–Crippen MR) is 541 cm³/mol. The molecular weight excluding hydrogens is 1920 g/mol. The number of fused-ring (bicyclic) bond motifs is 4. The monoisotopic (exact) mass is 2070 g/mol. The Morgan fingerprint density at radius 1 is 0.490 bits per heavy atom. The predicted octanol–water partition coefficient (Wildman–Crippen LogP) is -0.442. The number of hydrogen-bond donors (Lipinski definition) is 21. The van der Waals surface area contributed by atoms with E-state index in [1.165, 1.54) is 74.7 Å². The average molecular weight is 2070 g/mol. The summed E-state index contributed by atoms with van der Waals surface area (Å²) in [5.41, 5.74) is 21.1. The van der Waals surface area contributed by atoms with Crippen LogP contribution >= 0.6 is 11.8 Å². The summed E-state index contributed by atoms with van der Waals surface area (Å²) in [5, 5.41) is 71.6. The normalized spacial score (nSPS) is 23.7. The van der Waals surface area contributed by atoms with Crippen LogP contribution in [0.5, 0.6) is 5.75 Å². The van der Waals surface area contributed by atoms with Crippen molar-refractivity contribution in [2.75, 3.05) is 71.9 Å². The molecule has 3 aromatic carbocycles. The number of likely N-dealkylation sites (N-methyl/N-ethyl adjacent to an activating group) is 3. The molecule has 0 saturated carbocycles. The third kappa shape index (κ3) is 34.8. The number of nitrogens with two attached hydrogens (primary N) is 3. The number of carbonyl (C=O) groups excluding carboxylic acids is 17. The first-order chi connectivity index (χ1) is 70.3. The summed E-state index contributed by atoms with van der Waals surface area (Å²) in [6, 6.07) is -2.65. The summed E-state index contributed by atoms with van der Waals surface area (Å²) in [4.78, 5) is 296. The van der Waals surface area contributed by atoms with Crippen molar-refractivity contribution in [2.24, 2.45) is 17.2 Å². The van der Waals surface area contributed by atoms with Crippen molar-refractivity contribution in [1.82, 2.24) is 103 Å². The van der Waals surface area contributed by atoms with Crippen molar-refractivity contribution >= 4 is 146 Å². The van der Waals surface area contributed by atoms with Crippen LogP contribution in [0.1, 0.15) is 191 Å².